The summed E-state index contributed by atoms with van der Waals surface area (Å²) in [6.07, 6.45) is 4.27. The highest BCUT2D eigenvalue weighted by atomic mass is 16.6. The summed E-state index contributed by atoms with van der Waals surface area (Å²) in [5, 5.41) is 14.2. The molecule has 17 heavy (non-hydrogen) atoms. The second-order valence-electron chi connectivity index (χ2n) is 4.16. The third-order valence-electron chi connectivity index (χ3n) is 2.87. The summed E-state index contributed by atoms with van der Waals surface area (Å²) in [6.45, 7) is 3.85. The molecule has 0 aliphatic carbocycles. The lowest BCUT2D eigenvalue weighted by Gasteiger charge is -2.14. The van der Waals surface area contributed by atoms with Crippen LogP contribution in [0.2, 0.25) is 0 Å². The number of hydrogen-bond acceptors (Lipinski definition) is 4. The average Bonchev–Trinajstić information content (AvgIpc) is 2.28. The number of likely N-dealkylation sites (N-methyl/N-ethyl adjacent to an activating group) is 1. The molecule has 0 fully saturated rings. The average molecular weight is 237 g/mol. The van der Waals surface area contributed by atoms with Gasteiger partial charge in [-0.1, -0.05) is 13.3 Å². The maximum atomic E-state index is 11.0. The van der Waals surface area contributed by atoms with E-state index in [1.807, 2.05) is 7.05 Å². The minimum absolute atomic E-state index is 0.156. The van der Waals surface area contributed by atoms with Gasteiger partial charge in [-0.2, -0.15) is 0 Å². The van der Waals surface area contributed by atoms with Crippen LogP contribution in [-0.2, 0) is 6.42 Å². The maximum absolute atomic E-state index is 11.0. The lowest BCUT2D eigenvalue weighted by atomic mass is 10.0. The van der Waals surface area contributed by atoms with Crippen LogP contribution < -0.4 is 5.32 Å². The van der Waals surface area contributed by atoms with Crippen LogP contribution in [-0.4, -0.2) is 23.0 Å². The summed E-state index contributed by atoms with van der Waals surface area (Å²) < 4.78 is 0. The molecule has 0 amide bonds. The van der Waals surface area contributed by atoms with Gasteiger partial charge >= 0.3 is 0 Å². The first-order valence-electron chi connectivity index (χ1n) is 5.86. The van der Waals surface area contributed by atoms with E-state index in [0.29, 0.717) is 17.7 Å². The standard InChI is InChI=1S/C12H19N3O2/c1-4-5-10(13-3)8-11-12(15(16)17)9(2)6-7-14-11/h6-7,10,13H,4-5,8H2,1-3H3. The zero-order valence-corrected chi connectivity index (χ0v) is 10.6. The third-order valence-corrected chi connectivity index (χ3v) is 2.87. The number of pyridine rings is 1. The number of aryl methyl sites for hydroxylation is 1. The fourth-order valence-corrected chi connectivity index (χ4v) is 1.94. The molecule has 1 atom stereocenters. The zero-order valence-electron chi connectivity index (χ0n) is 10.6. The maximum Gasteiger partial charge on any atom is 0.293 e. The lowest BCUT2D eigenvalue weighted by Crippen LogP contribution is -2.28. The van der Waals surface area contributed by atoms with Gasteiger partial charge in [0.2, 0.25) is 0 Å². The van der Waals surface area contributed by atoms with Crippen LogP contribution in [0.25, 0.3) is 0 Å². The Kier molecular flexibility index (Phi) is 5.03. The van der Waals surface area contributed by atoms with Gasteiger partial charge in [0, 0.05) is 24.2 Å². The summed E-state index contributed by atoms with van der Waals surface area (Å²) in [7, 11) is 1.88. The van der Waals surface area contributed by atoms with E-state index in [-0.39, 0.29) is 16.7 Å². The van der Waals surface area contributed by atoms with Gasteiger partial charge in [0.05, 0.1) is 4.92 Å². The fourth-order valence-electron chi connectivity index (χ4n) is 1.94. The van der Waals surface area contributed by atoms with E-state index in [2.05, 4.69) is 17.2 Å². The number of nitro groups is 1. The molecule has 0 aliphatic heterocycles. The van der Waals surface area contributed by atoms with Crippen molar-refractivity contribution in [1.82, 2.24) is 10.3 Å². The zero-order chi connectivity index (χ0) is 12.8. The molecule has 1 aromatic heterocycles. The Labute approximate surface area is 101 Å². The molecular formula is C12H19N3O2. The topological polar surface area (TPSA) is 68.1 Å². The Morgan fingerprint density at radius 3 is 2.82 bits per heavy atom. The molecule has 0 aliphatic rings. The highest BCUT2D eigenvalue weighted by Crippen LogP contribution is 2.22. The van der Waals surface area contributed by atoms with Crippen LogP contribution in [0.15, 0.2) is 12.3 Å². The van der Waals surface area contributed by atoms with Crippen molar-refractivity contribution in [2.45, 2.75) is 39.2 Å². The number of nitrogens with zero attached hydrogens (tertiary/aromatic N) is 2. The van der Waals surface area contributed by atoms with Gasteiger partial charge in [-0.25, -0.2) is 0 Å². The molecule has 1 rings (SSSR count). The minimum Gasteiger partial charge on any atom is -0.317 e. The highest BCUT2D eigenvalue weighted by molar-refractivity contribution is 5.43. The Bertz CT molecular complexity index is 393. The molecule has 5 heteroatoms. The number of aromatic nitrogens is 1. The van der Waals surface area contributed by atoms with Crippen molar-refractivity contribution >= 4 is 5.69 Å². The van der Waals surface area contributed by atoms with E-state index in [1.54, 1.807) is 19.2 Å². The summed E-state index contributed by atoms with van der Waals surface area (Å²) in [5.41, 5.74) is 1.40. The molecule has 0 radical (unpaired) electrons. The van der Waals surface area contributed by atoms with Crippen molar-refractivity contribution < 1.29 is 4.92 Å². The van der Waals surface area contributed by atoms with E-state index in [1.165, 1.54) is 0 Å². The van der Waals surface area contributed by atoms with Crippen LogP contribution in [0.3, 0.4) is 0 Å². The van der Waals surface area contributed by atoms with Crippen molar-refractivity contribution in [2.24, 2.45) is 0 Å². The van der Waals surface area contributed by atoms with Crippen LogP contribution in [0.4, 0.5) is 5.69 Å². The molecule has 1 aromatic rings. The van der Waals surface area contributed by atoms with E-state index < -0.39 is 0 Å². The van der Waals surface area contributed by atoms with Crippen molar-refractivity contribution in [1.29, 1.82) is 0 Å². The second kappa shape index (κ2) is 6.30. The van der Waals surface area contributed by atoms with Crippen molar-refractivity contribution in [3.8, 4) is 0 Å². The quantitative estimate of drug-likeness (QED) is 0.608. The molecular weight excluding hydrogens is 218 g/mol. The van der Waals surface area contributed by atoms with Crippen molar-refractivity contribution in [3.05, 3.63) is 33.6 Å². The molecule has 0 bridgehead atoms. The lowest BCUT2D eigenvalue weighted by molar-refractivity contribution is -0.386. The number of nitrogens with one attached hydrogen (secondary N) is 1. The Morgan fingerprint density at radius 2 is 2.29 bits per heavy atom. The van der Waals surface area contributed by atoms with Gasteiger partial charge in [-0.15, -0.1) is 0 Å². The first-order chi connectivity index (χ1) is 8.10. The predicted octanol–water partition coefficient (Wildman–Crippen LogP) is 2.23. The van der Waals surface area contributed by atoms with Crippen molar-refractivity contribution in [2.75, 3.05) is 7.05 Å². The number of hydrogen-bond donors (Lipinski definition) is 1. The third kappa shape index (κ3) is 3.49. The van der Waals surface area contributed by atoms with Gasteiger partial charge in [-0.05, 0) is 26.5 Å². The Hall–Kier alpha value is -1.49. The SMILES string of the molecule is CCCC(Cc1nccc(C)c1[N+](=O)[O-])NC. The predicted molar refractivity (Wildman–Crippen MR) is 67.1 cm³/mol. The molecule has 0 spiro atoms. The molecule has 0 saturated carbocycles. The summed E-state index contributed by atoms with van der Waals surface area (Å²) >= 11 is 0. The summed E-state index contributed by atoms with van der Waals surface area (Å²) in [4.78, 5) is 14.8. The number of rotatable bonds is 6. The Morgan fingerprint density at radius 1 is 1.59 bits per heavy atom. The summed E-state index contributed by atoms with van der Waals surface area (Å²) in [6, 6.07) is 1.92. The summed E-state index contributed by atoms with van der Waals surface area (Å²) in [5.74, 6) is 0. The van der Waals surface area contributed by atoms with Crippen LogP contribution in [0.5, 0.6) is 0 Å². The smallest absolute Gasteiger partial charge is 0.293 e. The van der Waals surface area contributed by atoms with Gasteiger partial charge in [0.25, 0.3) is 5.69 Å². The Balaban J connectivity index is 2.97. The minimum atomic E-state index is -0.337. The molecule has 1 heterocycles. The molecule has 0 aromatic carbocycles. The van der Waals surface area contributed by atoms with Crippen LogP contribution in [0, 0.1) is 17.0 Å². The monoisotopic (exact) mass is 237 g/mol. The first-order valence-corrected chi connectivity index (χ1v) is 5.86. The second-order valence-corrected chi connectivity index (χ2v) is 4.16. The largest absolute Gasteiger partial charge is 0.317 e. The first kappa shape index (κ1) is 13.6. The van der Waals surface area contributed by atoms with Gasteiger partial charge in [0.15, 0.2) is 0 Å². The van der Waals surface area contributed by atoms with E-state index in [9.17, 15) is 10.1 Å². The van der Waals surface area contributed by atoms with Crippen LogP contribution in [0.1, 0.15) is 31.0 Å². The molecule has 0 saturated heterocycles. The molecule has 1 N–H and O–H groups in total. The van der Waals surface area contributed by atoms with E-state index >= 15 is 0 Å². The van der Waals surface area contributed by atoms with Gasteiger partial charge in [0.1, 0.15) is 5.69 Å². The fraction of sp³-hybridized carbons (Fsp3) is 0.583. The van der Waals surface area contributed by atoms with Gasteiger partial charge < -0.3 is 5.32 Å². The molecule has 1 unspecified atom stereocenters. The van der Waals surface area contributed by atoms with E-state index in [4.69, 9.17) is 0 Å². The van der Waals surface area contributed by atoms with Gasteiger partial charge in [-0.3, -0.25) is 15.1 Å². The van der Waals surface area contributed by atoms with Crippen molar-refractivity contribution in [3.63, 3.8) is 0 Å². The molecule has 5 nitrogen and oxygen atoms in total. The highest BCUT2D eigenvalue weighted by Gasteiger charge is 2.20. The van der Waals surface area contributed by atoms with Crippen LogP contribution >= 0.6 is 0 Å². The van der Waals surface area contributed by atoms with E-state index in [0.717, 1.165) is 12.8 Å². The molecule has 94 valence electrons. The normalized spacial score (nSPS) is 12.4.